The van der Waals surface area contributed by atoms with E-state index in [2.05, 4.69) is 9.97 Å². The number of carbonyl (C=O) groups is 2. The molecule has 5 heteroatoms. The van der Waals surface area contributed by atoms with E-state index < -0.39 is 12.1 Å². The molecule has 0 saturated heterocycles. The number of hydrogen-bond acceptors (Lipinski definition) is 5. The van der Waals surface area contributed by atoms with Crippen molar-refractivity contribution in [3.05, 3.63) is 113 Å². The highest BCUT2D eigenvalue weighted by molar-refractivity contribution is 6.01. The van der Waals surface area contributed by atoms with Crippen molar-refractivity contribution in [2.75, 3.05) is 0 Å². The Balaban J connectivity index is 1.57. The van der Waals surface area contributed by atoms with E-state index in [0.717, 1.165) is 22.2 Å². The molecule has 5 nitrogen and oxygen atoms in total. The number of Topliss-reactive ketones (excluding diaryl/α,β-unsaturated/α-hetero) is 1. The van der Waals surface area contributed by atoms with Gasteiger partial charge in [0.15, 0.2) is 6.10 Å². The van der Waals surface area contributed by atoms with Gasteiger partial charge in [-0.3, -0.25) is 9.78 Å². The molecule has 0 saturated carbocycles. The number of aryl methyl sites for hydroxylation is 2. The molecular formula is C27H22N2O3. The van der Waals surface area contributed by atoms with E-state index in [4.69, 9.17) is 4.74 Å². The lowest BCUT2D eigenvalue weighted by molar-refractivity contribution is -0.141. The molecule has 0 aliphatic rings. The summed E-state index contributed by atoms with van der Waals surface area (Å²) < 4.78 is 5.61. The fourth-order valence-electron chi connectivity index (χ4n) is 3.24. The molecule has 1 aromatic heterocycles. The van der Waals surface area contributed by atoms with Crippen LogP contribution in [0.5, 0.6) is 0 Å². The van der Waals surface area contributed by atoms with E-state index in [0.29, 0.717) is 16.8 Å². The molecule has 3 aromatic carbocycles. The number of esters is 1. The molecule has 0 amide bonds. The summed E-state index contributed by atoms with van der Waals surface area (Å²) in [6.07, 6.45) is 3.34. The maximum absolute atomic E-state index is 13.2. The fourth-order valence-corrected chi connectivity index (χ4v) is 3.24. The molecular weight excluding hydrogens is 400 g/mol. The largest absolute Gasteiger partial charge is 0.446 e. The quantitative estimate of drug-likeness (QED) is 0.235. The van der Waals surface area contributed by atoms with Crippen molar-refractivity contribution < 1.29 is 14.3 Å². The van der Waals surface area contributed by atoms with Gasteiger partial charge in [-0.2, -0.15) is 0 Å². The molecule has 0 aliphatic heterocycles. The van der Waals surface area contributed by atoms with Crippen LogP contribution in [0.25, 0.3) is 17.1 Å². The Bertz CT molecular complexity index is 1290. The Morgan fingerprint density at radius 3 is 2.16 bits per heavy atom. The zero-order valence-corrected chi connectivity index (χ0v) is 17.9. The van der Waals surface area contributed by atoms with Crippen LogP contribution in [0.4, 0.5) is 0 Å². The van der Waals surface area contributed by atoms with E-state index in [-0.39, 0.29) is 5.78 Å². The Morgan fingerprint density at radius 2 is 1.47 bits per heavy atom. The predicted molar refractivity (Wildman–Crippen MR) is 124 cm³/mol. The number of ketones is 1. The second-order valence-corrected chi connectivity index (χ2v) is 7.57. The molecule has 0 aliphatic carbocycles. The first-order valence-electron chi connectivity index (χ1n) is 10.3. The second kappa shape index (κ2) is 9.35. The van der Waals surface area contributed by atoms with Gasteiger partial charge in [-0.05, 0) is 32.1 Å². The highest BCUT2D eigenvalue weighted by Crippen LogP contribution is 2.24. The second-order valence-electron chi connectivity index (χ2n) is 7.57. The number of carbonyl (C=O) groups excluding carboxylic acids is 2. The van der Waals surface area contributed by atoms with E-state index in [1.165, 1.54) is 12.2 Å². The zero-order chi connectivity index (χ0) is 22.5. The molecule has 0 fully saturated rings. The van der Waals surface area contributed by atoms with Gasteiger partial charge in [0.05, 0.1) is 22.9 Å². The van der Waals surface area contributed by atoms with Crippen molar-refractivity contribution in [2.45, 2.75) is 20.0 Å². The van der Waals surface area contributed by atoms with Gasteiger partial charge in [0.25, 0.3) is 0 Å². The molecule has 4 rings (SSSR count). The average molecular weight is 422 g/mol. The molecule has 0 bridgehead atoms. The maximum Gasteiger partial charge on any atom is 0.331 e. The van der Waals surface area contributed by atoms with Crippen molar-refractivity contribution in [3.63, 3.8) is 0 Å². The van der Waals surface area contributed by atoms with Gasteiger partial charge < -0.3 is 4.74 Å². The highest BCUT2D eigenvalue weighted by Gasteiger charge is 2.25. The molecule has 32 heavy (non-hydrogen) atoms. The normalized spacial score (nSPS) is 12.1. The summed E-state index contributed by atoms with van der Waals surface area (Å²) in [6.45, 7) is 3.91. The summed E-state index contributed by atoms with van der Waals surface area (Å²) in [5.41, 5.74) is 5.23. The number of rotatable bonds is 6. The third-order valence-electron chi connectivity index (χ3n) is 5.05. The summed E-state index contributed by atoms with van der Waals surface area (Å²) in [6, 6.07) is 22.1. The van der Waals surface area contributed by atoms with E-state index in [1.807, 2.05) is 62.4 Å². The van der Waals surface area contributed by atoms with Crippen LogP contribution < -0.4 is 0 Å². The molecule has 158 valence electrons. The lowest BCUT2D eigenvalue weighted by Gasteiger charge is -2.17. The Morgan fingerprint density at radius 1 is 0.844 bits per heavy atom. The van der Waals surface area contributed by atoms with Crippen molar-refractivity contribution >= 4 is 28.9 Å². The molecule has 1 atom stereocenters. The smallest absolute Gasteiger partial charge is 0.331 e. The van der Waals surface area contributed by atoms with Crippen LogP contribution in [0.3, 0.4) is 0 Å². The summed E-state index contributed by atoms with van der Waals surface area (Å²) in [4.78, 5) is 34.6. The lowest BCUT2D eigenvalue weighted by Crippen LogP contribution is -2.19. The van der Waals surface area contributed by atoms with Crippen LogP contribution in [0.1, 0.15) is 38.8 Å². The molecule has 4 aromatic rings. The van der Waals surface area contributed by atoms with E-state index >= 15 is 0 Å². The monoisotopic (exact) mass is 422 g/mol. The fraction of sp³-hybridized carbons (Fsp3) is 0.111. The lowest BCUT2D eigenvalue weighted by atomic mass is 9.98. The van der Waals surface area contributed by atoms with Crippen LogP contribution in [0.2, 0.25) is 0 Å². The van der Waals surface area contributed by atoms with E-state index in [1.54, 1.807) is 30.5 Å². The molecule has 1 heterocycles. The van der Waals surface area contributed by atoms with Gasteiger partial charge >= 0.3 is 5.97 Å². The molecule has 0 spiro atoms. The van der Waals surface area contributed by atoms with Crippen molar-refractivity contribution in [1.29, 1.82) is 0 Å². The van der Waals surface area contributed by atoms with Gasteiger partial charge in [-0.1, -0.05) is 71.8 Å². The minimum Gasteiger partial charge on any atom is -0.446 e. The first-order valence-corrected chi connectivity index (χ1v) is 10.3. The molecule has 0 N–H and O–H groups in total. The number of nitrogens with zero attached hydrogens (tertiary/aromatic N) is 2. The Labute approximate surface area is 186 Å². The van der Waals surface area contributed by atoms with Crippen LogP contribution in [0, 0.1) is 13.8 Å². The SMILES string of the molecule is Cc1ccc(C(=O)C(OC(=O)C=Cc2cnc3ccccc3n2)c2ccc(C)cc2)cc1. The minimum absolute atomic E-state index is 0.277. The molecule has 0 radical (unpaired) electrons. The maximum atomic E-state index is 13.2. The predicted octanol–water partition coefficient (Wildman–Crippen LogP) is 5.43. The number of para-hydroxylation sites is 2. The Hall–Kier alpha value is -4.12. The van der Waals surface area contributed by atoms with Gasteiger partial charge in [-0.25, -0.2) is 9.78 Å². The van der Waals surface area contributed by atoms with E-state index in [9.17, 15) is 9.59 Å². The number of aromatic nitrogens is 2. The van der Waals surface area contributed by atoms with Gasteiger partial charge in [0.1, 0.15) is 0 Å². The Kier molecular flexibility index (Phi) is 6.17. The van der Waals surface area contributed by atoms with Crippen LogP contribution in [-0.2, 0) is 9.53 Å². The zero-order valence-electron chi connectivity index (χ0n) is 17.9. The van der Waals surface area contributed by atoms with Gasteiger partial charge in [-0.15, -0.1) is 0 Å². The van der Waals surface area contributed by atoms with Crippen LogP contribution >= 0.6 is 0 Å². The van der Waals surface area contributed by atoms with Gasteiger partial charge in [0, 0.05) is 17.2 Å². The molecule has 1 unspecified atom stereocenters. The number of benzene rings is 3. The standard InChI is InChI=1S/C27H22N2O3/c1-18-7-11-20(12-8-18)26(31)27(21-13-9-19(2)10-14-21)32-25(30)16-15-22-17-28-23-5-3-4-6-24(23)29-22/h3-17,27H,1-2H3. The first kappa shape index (κ1) is 21.1. The summed E-state index contributed by atoms with van der Waals surface area (Å²) in [7, 11) is 0. The van der Waals surface area contributed by atoms with Crippen LogP contribution in [0.15, 0.2) is 85.1 Å². The highest BCUT2D eigenvalue weighted by atomic mass is 16.5. The minimum atomic E-state index is -1.04. The average Bonchev–Trinajstić information content (AvgIpc) is 2.82. The third kappa shape index (κ3) is 4.95. The third-order valence-corrected chi connectivity index (χ3v) is 5.05. The van der Waals surface area contributed by atoms with Crippen LogP contribution in [-0.4, -0.2) is 21.7 Å². The van der Waals surface area contributed by atoms with Gasteiger partial charge in [0.2, 0.25) is 5.78 Å². The summed E-state index contributed by atoms with van der Waals surface area (Å²) in [5, 5.41) is 0. The topological polar surface area (TPSA) is 69.2 Å². The summed E-state index contributed by atoms with van der Waals surface area (Å²) >= 11 is 0. The number of ether oxygens (including phenoxy) is 1. The van der Waals surface area contributed by atoms with Crippen molar-refractivity contribution in [2.24, 2.45) is 0 Å². The summed E-state index contributed by atoms with van der Waals surface area (Å²) in [5.74, 6) is -0.910. The van der Waals surface area contributed by atoms with Crippen molar-refractivity contribution in [1.82, 2.24) is 9.97 Å². The first-order chi connectivity index (χ1) is 15.5. The number of fused-ring (bicyclic) bond motifs is 1. The number of hydrogen-bond donors (Lipinski definition) is 0. The van der Waals surface area contributed by atoms with Crippen molar-refractivity contribution in [3.8, 4) is 0 Å².